The third-order valence-electron chi connectivity index (χ3n) is 1.67. The molecule has 0 aromatic rings. The second-order valence-corrected chi connectivity index (χ2v) is 5.58. The molecule has 1 aliphatic carbocycles. The Labute approximate surface area is 101 Å². The van der Waals surface area contributed by atoms with Gasteiger partial charge in [0.15, 0.2) is 5.96 Å². The molecular formula is C7H16IN3O2S. The van der Waals surface area contributed by atoms with Crippen LogP contribution in [0.3, 0.4) is 0 Å². The molecule has 0 amide bonds. The Balaban J connectivity index is 0.00000169. The fraction of sp³-hybridized carbons (Fsp3) is 0.857. The Morgan fingerprint density at radius 3 is 2.57 bits per heavy atom. The monoisotopic (exact) mass is 333 g/mol. The van der Waals surface area contributed by atoms with E-state index >= 15 is 0 Å². The molecule has 1 aliphatic rings. The second kappa shape index (κ2) is 5.74. The average molecular weight is 333 g/mol. The van der Waals surface area contributed by atoms with Crippen LogP contribution < -0.4 is 11.1 Å². The van der Waals surface area contributed by atoms with E-state index in [0.29, 0.717) is 12.0 Å². The second-order valence-electron chi connectivity index (χ2n) is 3.32. The standard InChI is InChI=1S/C7H15N3O2S.HI/c1-13(11,12)5-4-9-7(8)10-6-2-3-6;/h6H,2-5H2,1H3,(H3,8,9,10);1H. The minimum Gasteiger partial charge on any atom is -0.370 e. The van der Waals surface area contributed by atoms with Crippen LogP contribution in [0, 0.1) is 0 Å². The van der Waals surface area contributed by atoms with Crippen LogP contribution >= 0.6 is 24.0 Å². The first-order valence-corrected chi connectivity index (χ1v) is 6.27. The number of hydrogen-bond donors (Lipinski definition) is 2. The van der Waals surface area contributed by atoms with Crippen LogP contribution in [0.15, 0.2) is 4.99 Å². The van der Waals surface area contributed by atoms with Crippen molar-refractivity contribution in [3.63, 3.8) is 0 Å². The van der Waals surface area contributed by atoms with Crippen molar-refractivity contribution in [2.75, 3.05) is 18.6 Å². The molecule has 0 saturated heterocycles. The number of nitrogens with zero attached hydrogens (tertiary/aromatic N) is 1. The van der Waals surface area contributed by atoms with Gasteiger partial charge in [0, 0.05) is 12.3 Å². The molecule has 0 aliphatic heterocycles. The van der Waals surface area contributed by atoms with Crippen LogP contribution in [0.25, 0.3) is 0 Å². The van der Waals surface area contributed by atoms with Gasteiger partial charge < -0.3 is 11.1 Å². The lowest BCUT2D eigenvalue weighted by molar-refractivity contribution is 0.601. The van der Waals surface area contributed by atoms with Gasteiger partial charge in [-0.05, 0) is 12.8 Å². The maximum atomic E-state index is 10.7. The lowest BCUT2D eigenvalue weighted by atomic mass is 10.7. The summed E-state index contributed by atoms with van der Waals surface area (Å²) in [6, 6.07) is 0.460. The highest BCUT2D eigenvalue weighted by Gasteiger charge is 2.21. The highest BCUT2D eigenvalue weighted by Crippen LogP contribution is 2.17. The van der Waals surface area contributed by atoms with Crippen LogP contribution in [0.1, 0.15) is 12.8 Å². The molecule has 1 saturated carbocycles. The molecule has 0 atom stereocenters. The summed E-state index contributed by atoms with van der Waals surface area (Å²) in [6.45, 7) is 0.240. The van der Waals surface area contributed by atoms with Crippen LogP contribution in [0.4, 0.5) is 0 Å². The fourth-order valence-corrected chi connectivity index (χ4v) is 1.24. The number of nitrogens with two attached hydrogens (primary N) is 1. The molecule has 7 heteroatoms. The van der Waals surface area contributed by atoms with Crippen molar-refractivity contribution >= 4 is 39.8 Å². The van der Waals surface area contributed by atoms with Gasteiger partial charge in [-0.2, -0.15) is 0 Å². The van der Waals surface area contributed by atoms with Gasteiger partial charge >= 0.3 is 0 Å². The predicted molar refractivity (Wildman–Crippen MR) is 67.8 cm³/mol. The number of aliphatic imine (C=N–C) groups is 1. The first-order valence-electron chi connectivity index (χ1n) is 4.21. The zero-order valence-corrected chi connectivity index (χ0v) is 11.2. The van der Waals surface area contributed by atoms with Gasteiger partial charge in [-0.3, -0.25) is 4.99 Å². The molecule has 5 nitrogen and oxygen atoms in total. The van der Waals surface area contributed by atoms with Crippen molar-refractivity contribution in [3.05, 3.63) is 0 Å². The van der Waals surface area contributed by atoms with Crippen molar-refractivity contribution < 1.29 is 8.42 Å². The lowest BCUT2D eigenvalue weighted by Gasteiger charge is -2.01. The van der Waals surface area contributed by atoms with Gasteiger partial charge in [0.1, 0.15) is 9.84 Å². The number of rotatable bonds is 4. The van der Waals surface area contributed by atoms with E-state index in [-0.39, 0.29) is 36.3 Å². The largest absolute Gasteiger partial charge is 0.370 e. The average Bonchev–Trinajstić information content (AvgIpc) is 2.68. The Kier molecular flexibility index (Phi) is 5.72. The maximum absolute atomic E-state index is 10.7. The molecule has 0 heterocycles. The third-order valence-corrected chi connectivity index (χ3v) is 2.60. The highest BCUT2D eigenvalue weighted by molar-refractivity contribution is 14.0. The van der Waals surface area contributed by atoms with Crippen molar-refractivity contribution in [2.24, 2.45) is 10.7 Å². The first-order chi connectivity index (χ1) is 5.97. The van der Waals surface area contributed by atoms with Gasteiger partial charge in [-0.1, -0.05) is 0 Å². The van der Waals surface area contributed by atoms with E-state index in [4.69, 9.17) is 5.73 Å². The normalized spacial score (nSPS) is 17.4. The summed E-state index contributed by atoms with van der Waals surface area (Å²) >= 11 is 0. The fourth-order valence-electron chi connectivity index (χ4n) is 0.814. The van der Waals surface area contributed by atoms with E-state index in [1.165, 1.54) is 6.26 Å². The molecule has 0 unspecified atom stereocenters. The number of guanidine groups is 1. The molecule has 0 bridgehead atoms. The number of hydrogen-bond acceptors (Lipinski definition) is 3. The Morgan fingerprint density at radius 1 is 1.57 bits per heavy atom. The Morgan fingerprint density at radius 2 is 2.14 bits per heavy atom. The molecule has 3 N–H and O–H groups in total. The summed E-state index contributed by atoms with van der Waals surface area (Å²) in [6.07, 6.45) is 3.44. The van der Waals surface area contributed by atoms with E-state index < -0.39 is 9.84 Å². The quantitative estimate of drug-likeness (QED) is 0.421. The summed E-state index contributed by atoms with van der Waals surface area (Å²) in [4.78, 5) is 3.89. The maximum Gasteiger partial charge on any atom is 0.188 e. The summed E-state index contributed by atoms with van der Waals surface area (Å²) in [7, 11) is -2.92. The summed E-state index contributed by atoms with van der Waals surface area (Å²) in [5, 5.41) is 2.97. The minimum absolute atomic E-state index is 0. The zero-order chi connectivity index (χ0) is 9.90. The molecule has 14 heavy (non-hydrogen) atoms. The Hall–Kier alpha value is -0.0500. The van der Waals surface area contributed by atoms with Crippen LogP contribution in [-0.4, -0.2) is 39.0 Å². The van der Waals surface area contributed by atoms with Crippen molar-refractivity contribution in [1.82, 2.24) is 5.32 Å². The van der Waals surface area contributed by atoms with Crippen molar-refractivity contribution in [1.29, 1.82) is 0 Å². The van der Waals surface area contributed by atoms with Crippen LogP contribution in [-0.2, 0) is 9.84 Å². The van der Waals surface area contributed by atoms with Gasteiger partial charge in [-0.15, -0.1) is 24.0 Å². The zero-order valence-electron chi connectivity index (χ0n) is 8.06. The van der Waals surface area contributed by atoms with Gasteiger partial charge in [-0.25, -0.2) is 8.42 Å². The van der Waals surface area contributed by atoms with Crippen LogP contribution in [0.5, 0.6) is 0 Å². The molecule has 1 rings (SSSR count). The molecule has 0 spiro atoms. The van der Waals surface area contributed by atoms with Crippen molar-refractivity contribution in [3.8, 4) is 0 Å². The predicted octanol–water partition coefficient (Wildman–Crippen LogP) is -0.284. The molecule has 0 aromatic heterocycles. The summed E-state index contributed by atoms with van der Waals surface area (Å²) in [5.41, 5.74) is 5.49. The summed E-state index contributed by atoms with van der Waals surface area (Å²) < 4.78 is 21.4. The van der Waals surface area contributed by atoms with Gasteiger partial charge in [0.25, 0.3) is 0 Å². The van der Waals surface area contributed by atoms with Gasteiger partial charge in [0.2, 0.25) is 0 Å². The molecule has 1 fully saturated rings. The van der Waals surface area contributed by atoms with Crippen molar-refractivity contribution in [2.45, 2.75) is 18.9 Å². The SMILES string of the molecule is CS(=O)(=O)CCN=C(N)NC1CC1.I. The topological polar surface area (TPSA) is 84.5 Å². The molecule has 0 aromatic carbocycles. The molecule has 84 valence electrons. The number of sulfone groups is 1. The smallest absolute Gasteiger partial charge is 0.188 e. The molecular weight excluding hydrogens is 317 g/mol. The summed E-state index contributed by atoms with van der Waals surface area (Å²) in [5.74, 6) is 0.409. The van der Waals surface area contributed by atoms with Crippen LogP contribution in [0.2, 0.25) is 0 Å². The Bertz CT molecular complexity index is 298. The van der Waals surface area contributed by atoms with E-state index in [1.54, 1.807) is 0 Å². The van der Waals surface area contributed by atoms with Gasteiger partial charge in [0.05, 0.1) is 12.3 Å². The first kappa shape index (κ1) is 13.9. The van der Waals surface area contributed by atoms with E-state index in [0.717, 1.165) is 12.8 Å². The lowest BCUT2D eigenvalue weighted by Crippen LogP contribution is -2.33. The minimum atomic E-state index is -2.92. The molecule has 0 radical (unpaired) electrons. The highest BCUT2D eigenvalue weighted by atomic mass is 127. The number of nitrogens with one attached hydrogen (secondary N) is 1. The number of halogens is 1. The van der Waals surface area contributed by atoms with E-state index in [9.17, 15) is 8.42 Å². The van der Waals surface area contributed by atoms with E-state index in [2.05, 4.69) is 10.3 Å². The third kappa shape index (κ3) is 7.36. The van der Waals surface area contributed by atoms with E-state index in [1.807, 2.05) is 0 Å².